The molecule has 0 radical (unpaired) electrons. The van der Waals surface area contributed by atoms with Crippen molar-refractivity contribution in [3.63, 3.8) is 0 Å². The summed E-state index contributed by atoms with van der Waals surface area (Å²) in [4.78, 5) is 2.16. The van der Waals surface area contributed by atoms with Gasteiger partial charge in [-0.05, 0) is 33.7 Å². The van der Waals surface area contributed by atoms with Gasteiger partial charge in [-0.3, -0.25) is 4.90 Å². The molecule has 1 atom stereocenters. The normalized spacial score (nSPS) is 27.3. The molecule has 0 aliphatic carbocycles. The van der Waals surface area contributed by atoms with Crippen molar-refractivity contribution < 1.29 is 14.2 Å². The fraction of sp³-hybridized carbons (Fsp3) is 0.818. The minimum Gasteiger partial charge on any atom is -0.389 e. The van der Waals surface area contributed by atoms with Crippen molar-refractivity contribution in [2.75, 3.05) is 20.3 Å². The van der Waals surface area contributed by atoms with E-state index >= 15 is 0 Å². The van der Waals surface area contributed by atoms with Crippen LogP contribution < -0.4 is 0 Å². The summed E-state index contributed by atoms with van der Waals surface area (Å²) in [7, 11) is 2.02. The van der Waals surface area contributed by atoms with Crippen LogP contribution in [-0.4, -0.2) is 42.0 Å². The molecule has 88 valence electrons. The predicted molar refractivity (Wildman–Crippen MR) is 57.1 cm³/mol. The molecular formula is C11H20FNO2. The lowest BCUT2D eigenvalue weighted by Crippen LogP contribution is -2.40. The van der Waals surface area contributed by atoms with Gasteiger partial charge in [-0.1, -0.05) is 6.08 Å². The first-order chi connectivity index (χ1) is 6.97. The van der Waals surface area contributed by atoms with Gasteiger partial charge in [0.2, 0.25) is 0 Å². The van der Waals surface area contributed by atoms with Crippen LogP contribution in [0, 0.1) is 0 Å². The first-order valence-corrected chi connectivity index (χ1v) is 5.29. The Morgan fingerprint density at radius 1 is 1.67 bits per heavy atom. The predicted octanol–water partition coefficient (Wildman–Crippen LogP) is 1.68. The summed E-state index contributed by atoms with van der Waals surface area (Å²) in [6, 6.07) is 0.336. The quantitative estimate of drug-likeness (QED) is 0.777. The Morgan fingerprint density at radius 3 is 2.80 bits per heavy atom. The van der Waals surface area contributed by atoms with Crippen molar-refractivity contribution in [1.29, 1.82) is 0 Å². The third-order valence-electron chi connectivity index (χ3n) is 3.04. The lowest BCUT2D eigenvalue weighted by Gasteiger charge is -2.29. The standard InChI is InChI=1S/C11H20FNO2/c1-11(2)13(3)10(8-15-11)6-4-5-9(12)7-14/h5,10,14H,4,6-8H2,1-3H3. The molecule has 1 unspecified atom stereocenters. The number of allylic oxidation sites excluding steroid dienone is 1. The number of likely N-dealkylation sites (N-methyl/N-ethyl adjacent to an activating group) is 1. The molecule has 0 aromatic carbocycles. The molecule has 0 amide bonds. The van der Waals surface area contributed by atoms with Crippen LogP contribution in [0.4, 0.5) is 4.39 Å². The van der Waals surface area contributed by atoms with Crippen LogP contribution >= 0.6 is 0 Å². The maximum absolute atomic E-state index is 12.6. The van der Waals surface area contributed by atoms with E-state index in [9.17, 15) is 4.39 Å². The molecule has 0 bridgehead atoms. The van der Waals surface area contributed by atoms with Crippen LogP contribution in [0.25, 0.3) is 0 Å². The van der Waals surface area contributed by atoms with E-state index in [1.807, 2.05) is 20.9 Å². The molecule has 1 N–H and O–H groups in total. The van der Waals surface area contributed by atoms with E-state index in [0.717, 1.165) is 6.42 Å². The molecule has 1 fully saturated rings. The molecular weight excluding hydrogens is 197 g/mol. The average molecular weight is 217 g/mol. The van der Waals surface area contributed by atoms with Gasteiger partial charge >= 0.3 is 0 Å². The molecule has 1 aliphatic rings. The number of hydrogen-bond acceptors (Lipinski definition) is 3. The first-order valence-electron chi connectivity index (χ1n) is 5.29. The smallest absolute Gasteiger partial charge is 0.121 e. The molecule has 4 heteroatoms. The van der Waals surface area contributed by atoms with Gasteiger partial charge in [0.25, 0.3) is 0 Å². The number of hydrogen-bond donors (Lipinski definition) is 1. The van der Waals surface area contributed by atoms with Crippen molar-refractivity contribution in [2.24, 2.45) is 0 Å². The Morgan fingerprint density at radius 2 is 2.33 bits per heavy atom. The molecule has 0 spiro atoms. The number of aliphatic hydroxyl groups excluding tert-OH is 1. The highest BCUT2D eigenvalue weighted by Gasteiger charge is 2.36. The van der Waals surface area contributed by atoms with Crippen LogP contribution in [-0.2, 0) is 4.74 Å². The Kier molecular flexibility index (Phi) is 4.25. The van der Waals surface area contributed by atoms with Gasteiger partial charge in [0, 0.05) is 6.04 Å². The summed E-state index contributed by atoms with van der Waals surface area (Å²) in [5.74, 6) is -0.448. The van der Waals surface area contributed by atoms with Crippen molar-refractivity contribution in [3.8, 4) is 0 Å². The lowest BCUT2D eigenvalue weighted by molar-refractivity contribution is -0.0414. The average Bonchev–Trinajstić information content (AvgIpc) is 2.44. The Hall–Kier alpha value is -0.450. The summed E-state index contributed by atoms with van der Waals surface area (Å²) >= 11 is 0. The van der Waals surface area contributed by atoms with Gasteiger partial charge in [-0.15, -0.1) is 0 Å². The zero-order chi connectivity index (χ0) is 11.5. The second kappa shape index (κ2) is 5.05. The van der Waals surface area contributed by atoms with Crippen LogP contribution in [0.2, 0.25) is 0 Å². The van der Waals surface area contributed by atoms with Crippen molar-refractivity contribution in [1.82, 2.24) is 4.90 Å². The molecule has 1 rings (SSSR count). The highest BCUT2D eigenvalue weighted by molar-refractivity contribution is 4.93. The highest BCUT2D eigenvalue weighted by atomic mass is 19.1. The number of halogens is 1. The van der Waals surface area contributed by atoms with E-state index in [0.29, 0.717) is 19.1 Å². The fourth-order valence-electron chi connectivity index (χ4n) is 1.73. The van der Waals surface area contributed by atoms with Crippen molar-refractivity contribution in [2.45, 2.75) is 38.5 Å². The van der Waals surface area contributed by atoms with Crippen molar-refractivity contribution in [3.05, 3.63) is 11.9 Å². The molecule has 0 aromatic heterocycles. The summed E-state index contributed by atoms with van der Waals surface area (Å²) < 4.78 is 18.2. The van der Waals surface area contributed by atoms with Crippen molar-refractivity contribution >= 4 is 0 Å². The largest absolute Gasteiger partial charge is 0.389 e. The molecule has 1 saturated heterocycles. The van der Waals surface area contributed by atoms with E-state index in [1.165, 1.54) is 6.08 Å². The maximum Gasteiger partial charge on any atom is 0.121 e. The second-order valence-corrected chi connectivity index (χ2v) is 4.41. The molecule has 1 heterocycles. The molecule has 1 aliphatic heterocycles. The summed E-state index contributed by atoms with van der Waals surface area (Å²) in [5, 5.41) is 8.48. The Labute approximate surface area is 90.5 Å². The Bertz CT molecular complexity index is 241. The molecule has 0 aromatic rings. The van der Waals surface area contributed by atoms with E-state index in [4.69, 9.17) is 9.84 Å². The van der Waals surface area contributed by atoms with Gasteiger partial charge in [-0.25, -0.2) is 4.39 Å². The van der Waals surface area contributed by atoms with Gasteiger partial charge in [0.1, 0.15) is 11.6 Å². The van der Waals surface area contributed by atoms with E-state index in [1.54, 1.807) is 0 Å². The number of aliphatic hydroxyl groups is 1. The van der Waals surface area contributed by atoms with E-state index in [-0.39, 0.29) is 5.72 Å². The highest BCUT2D eigenvalue weighted by Crippen LogP contribution is 2.27. The third kappa shape index (κ3) is 3.26. The second-order valence-electron chi connectivity index (χ2n) is 4.41. The first kappa shape index (κ1) is 12.6. The van der Waals surface area contributed by atoms with Crippen LogP contribution in [0.5, 0.6) is 0 Å². The maximum atomic E-state index is 12.6. The third-order valence-corrected chi connectivity index (χ3v) is 3.04. The molecule has 3 nitrogen and oxygen atoms in total. The number of rotatable bonds is 4. The van der Waals surface area contributed by atoms with Gasteiger partial charge in [0.05, 0.1) is 13.2 Å². The van der Waals surface area contributed by atoms with E-state index in [2.05, 4.69) is 4.90 Å². The fourth-order valence-corrected chi connectivity index (χ4v) is 1.73. The van der Waals surface area contributed by atoms with Crippen LogP contribution in [0.15, 0.2) is 11.9 Å². The van der Waals surface area contributed by atoms with Crippen LogP contribution in [0.3, 0.4) is 0 Å². The summed E-state index contributed by atoms with van der Waals surface area (Å²) in [6.45, 7) is 4.24. The lowest BCUT2D eigenvalue weighted by atomic mass is 10.1. The molecule has 0 saturated carbocycles. The number of ether oxygens (including phenoxy) is 1. The Balaban J connectivity index is 2.35. The monoisotopic (exact) mass is 217 g/mol. The number of nitrogens with zero attached hydrogens (tertiary/aromatic N) is 1. The zero-order valence-corrected chi connectivity index (χ0v) is 9.66. The summed E-state index contributed by atoms with van der Waals surface area (Å²) in [6.07, 6.45) is 2.94. The SMILES string of the molecule is CN1C(CCC=C(F)CO)COC1(C)C. The van der Waals surface area contributed by atoms with Gasteiger partial charge in [0.15, 0.2) is 0 Å². The van der Waals surface area contributed by atoms with E-state index < -0.39 is 12.4 Å². The summed E-state index contributed by atoms with van der Waals surface area (Å²) in [5.41, 5.74) is -0.218. The van der Waals surface area contributed by atoms with Crippen LogP contribution in [0.1, 0.15) is 26.7 Å². The zero-order valence-electron chi connectivity index (χ0n) is 9.66. The van der Waals surface area contributed by atoms with Gasteiger partial charge in [-0.2, -0.15) is 0 Å². The topological polar surface area (TPSA) is 32.7 Å². The van der Waals surface area contributed by atoms with Gasteiger partial charge < -0.3 is 9.84 Å². The molecule has 15 heavy (non-hydrogen) atoms. The minimum atomic E-state index is -0.498. The minimum absolute atomic E-state index is 0.218.